The molecule has 3 aromatic carbocycles. The number of hydrogen-bond donors (Lipinski definition) is 0. The van der Waals surface area contributed by atoms with Crippen molar-refractivity contribution >= 4 is 17.1 Å². The van der Waals surface area contributed by atoms with E-state index in [2.05, 4.69) is 91.4 Å². The summed E-state index contributed by atoms with van der Waals surface area (Å²) in [6.45, 7) is 4.48. The zero-order valence-corrected chi connectivity index (χ0v) is 15.0. The molecular weight excluding hydrogens is 304 g/mol. The standard InChI is InChI=1S/C23H22N2/c1-15-8-4-7-11-21(15)25-16(2)24(3)22-14-20-18(13-23(22)25)12-17-9-5-6-10-19(17)20/h4-11,13-14,16H,12H2,1-3H3/t16-/m0/s1. The molecule has 1 atom stereocenters. The number of aryl methyl sites for hydroxylation is 1. The summed E-state index contributed by atoms with van der Waals surface area (Å²) < 4.78 is 0. The van der Waals surface area contributed by atoms with Crippen LogP contribution in [0.5, 0.6) is 0 Å². The highest BCUT2D eigenvalue weighted by atomic mass is 15.4. The number of fused-ring (bicyclic) bond motifs is 4. The van der Waals surface area contributed by atoms with E-state index >= 15 is 0 Å². The molecule has 2 heteroatoms. The van der Waals surface area contributed by atoms with Gasteiger partial charge in [0.1, 0.15) is 6.17 Å². The lowest BCUT2D eigenvalue weighted by Crippen LogP contribution is -2.35. The van der Waals surface area contributed by atoms with Crippen molar-refractivity contribution in [3.05, 3.63) is 77.4 Å². The van der Waals surface area contributed by atoms with E-state index < -0.39 is 0 Å². The number of nitrogens with zero attached hydrogens (tertiary/aromatic N) is 2. The van der Waals surface area contributed by atoms with Gasteiger partial charge in [-0.1, -0.05) is 42.5 Å². The summed E-state index contributed by atoms with van der Waals surface area (Å²) in [5.74, 6) is 0. The van der Waals surface area contributed by atoms with Crippen LogP contribution in [-0.4, -0.2) is 13.2 Å². The molecule has 0 saturated heterocycles. The van der Waals surface area contributed by atoms with Crippen LogP contribution in [0.3, 0.4) is 0 Å². The minimum absolute atomic E-state index is 0.314. The fraction of sp³-hybridized carbons (Fsp3) is 0.217. The van der Waals surface area contributed by atoms with E-state index in [0.717, 1.165) is 6.42 Å². The van der Waals surface area contributed by atoms with Crippen LogP contribution in [-0.2, 0) is 6.42 Å². The average molecular weight is 326 g/mol. The van der Waals surface area contributed by atoms with Gasteiger partial charge in [0.05, 0.1) is 11.4 Å². The monoisotopic (exact) mass is 326 g/mol. The molecular formula is C23H22N2. The summed E-state index contributed by atoms with van der Waals surface area (Å²) in [7, 11) is 2.20. The van der Waals surface area contributed by atoms with E-state index in [1.807, 2.05) is 0 Å². The van der Waals surface area contributed by atoms with Gasteiger partial charge in [-0.3, -0.25) is 0 Å². The second-order valence-electron chi connectivity index (χ2n) is 7.23. The highest BCUT2D eigenvalue weighted by Gasteiger charge is 2.34. The molecule has 0 saturated carbocycles. The maximum atomic E-state index is 2.48. The number of hydrogen-bond acceptors (Lipinski definition) is 2. The summed E-state index contributed by atoms with van der Waals surface area (Å²) in [6, 6.07) is 22.3. The van der Waals surface area contributed by atoms with Crippen LogP contribution < -0.4 is 9.80 Å². The Morgan fingerprint density at radius 2 is 1.56 bits per heavy atom. The molecule has 0 radical (unpaired) electrons. The maximum absolute atomic E-state index is 2.48. The van der Waals surface area contributed by atoms with Crippen LogP contribution in [0.4, 0.5) is 17.1 Å². The summed E-state index contributed by atoms with van der Waals surface area (Å²) in [5, 5.41) is 0. The van der Waals surface area contributed by atoms with E-state index in [-0.39, 0.29) is 0 Å². The van der Waals surface area contributed by atoms with E-state index in [0.29, 0.717) is 6.17 Å². The molecule has 2 nitrogen and oxygen atoms in total. The first kappa shape index (κ1) is 14.6. The van der Waals surface area contributed by atoms with E-state index in [1.165, 1.54) is 44.9 Å². The molecule has 1 heterocycles. The van der Waals surface area contributed by atoms with Crippen LogP contribution in [0, 0.1) is 6.92 Å². The third-order valence-corrected chi connectivity index (χ3v) is 5.84. The van der Waals surface area contributed by atoms with Crippen molar-refractivity contribution in [2.24, 2.45) is 0 Å². The third kappa shape index (κ3) is 1.97. The van der Waals surface area contributed by atoms with Crippen LogP contribution in [0.15, 0.2) is 60.7 Å². The number of rotatable bonds is 1. The molecule has 25 heavy (non-hydrogen) atoms. The van der Waals surface area contributed by atoms with Gasteiger partial charge in [0.15, 0.2) is 0 Å². The predicted molar refractivity (Wildman–Crippen MR) is 106 cm³/mol. The first-order valence-corrected chi connectivity index (χ1v) is 8.98. The molecule has 0 aromatic heterocycles. The quantitative estimate of drug-likeness (QED) is 0.456. The second-order valence-corrected chi connectivity index (χ2v) is 7.23. The average Bonchev–Trinajstić information content (AvgIpc) is 3.10. The zero-order chi connectivity index (χ0) is 17.1. The van der Waals surface area contributed by atoms with Crippen LogP contribution in [0.25, 0.3) is 11.1 Å². The molecule has 5 rings (SSSR count). The van der Waals surface area contributed by atoms with E-state index in [1.54, 1.807) is 0 Å². The molecule has 0 amide bonds. The smallest absolute Gasteiger partial charge is 0.103 e. The number of anilines is 3. The molecule has 0 bridgehead atoms. The number of benzene rings is 3. The van der Waals surface area contributed by atoms with Gasteiger partial charge >= 0.3 is 0 Å². The third-order valence-electron chi connectivity index (χ3n) is 5.84. The molecule has 124 valence electrons. The van der Waals surface area contributed by atoms with Crippen molar-refractivity contribution in [2.45, 2.75) is 26.4 Å². The predicted octanol–water partition coefficient (Wildman–Crippen LogP) is 5.50. The highest BCUT2D eigenvalue weighted by molar-refractivity contribution is 5.91. The maximum Gasteiger partial charge on any atom is 0.103 e. The summed E-state index contributed by atoms with van der Waals surface area (Å²) in [5.41, 5.74) is 11.0. The zero-order valence-electron chi connectivity index (χ0n) is 15.0. The van der Waals surface area contributed by atoms with Crippen LogP contribution >= 0.6 is 0 Å². The number of para-hydroxylation sites is 1. The van der Waals surface area contributed by atoms with Crippen molar-refractivity contribution in [1.29, 1.82) is 0 Å². The largest absolute Gasteiger partial charge is 0.352 e. The topological polar surface area (TPSA) is 6.48 Å². The van der Waals surface area contributed by atoms with Crippen molar-refractivity contribution in [2.75, 3.05) is 16.8 Å². The summed E-state index contributed by atoms with van der Waals surface area (Å²) in [6.07, 6.45) is 1.35. The SMILES string of the molecule is Cc1ccccc1N1c2cc3c(cc2N(C)[C@@H]1C)-c1ccccc1C3. The fourth-order valence-corrected chi connectivity index (χ4v) is 4.38. The van der Waals surface area contributed by atoms with Crippen molar-refractivity contribution in [3.8, 4) is 11.1 Å². The lowest BCUT2D eigenvalue weighted by Gasteiger charge is -2.29. The molecule has 0 fully saturated rings. The molecule has 3 aromatic rings. The van der Waals surface area contributed by atoms with Gasteiger partial charge in [-0.15, -0.1) is 0 Å². The Morgan fingerprint density at radius 1 is 0.800 bits per heavy atom. The van der Waals surface area contributed by atoms with E-state index in [4.69, 9.17) is 0 Å². The molecule has 2 aliphatic rings. The molecule has 1 aliphatic carbocycles. The van der Waals surface area contributed by atoms with Crippen LogP contribution in [0.1, 0.15) is 23.6 Å². The van der Waals surface area contributed by atoms with Crippen molar-refractivity contribution in [3.63, 3.8) is 0 Å². The Morgan fingerprint density at radius 3 is 2.40 bits per heavy atom. The minimum Gasteiger partial charge on any atom is -0.352 e. The van der Waals surface area contributed by atoms with Gasteiger partial charge in [0.25, 0.3) is 0 Å². The summed E-state index contributed by atoms with van der Waals surface area (Å²) >= 11 is 0. The van der Waals surface area contributed by atoms with Gasteiger partial charge in [-0.05, 0) is 66.3 Å². The first-order valence-electron chi connectivity index (χ1n) is 8.98. The van der Waals surface area contributed by atoms with Gasteiger partial charge in [-0.25, -0.2) is 0 Å². The molecule has 0 unspecified atom stereocenters. The Bertz CT molecular complexity index is 989. The summed E-state index contributed by atoms with van der Waals surface area (Å²) in [4.78, 5) is 4.87. The van der Waals surface area contributed by atoms with Crippen LogP contribution in [0.2, 0.25) is 0 Å². The fourth-order valence-electron chi connectivity index (χ4n) is 4.38. The van der Waals surface area contributed by atoms with Crippen molar-refractivity contribution in [1.82, 2.24) is 0 Å². The lowest BCUT2D eigenvalue weighted by atomic mass is 10.0. The Labute approximate surface area is 149 Å². The second kappa shape index (κ2) is 5.13. The molecule has 0 N–H and O–H groups in total. The van der Waals surface area contributed by atoms with Gasteiger partial charge in [-0.2, -0.15) is 0 Å². The molecule has 1 aliphatic heterocycles. The van der Waals surface area contributed by atoms with Crippen molar-refractivity contribution < 1.29 is 0 Å². The van der Waals surface area contributed by atoms with Gasteiger partial charge in [0, 0.05) is 12.7 Å². The first-order chi connectivity index (χ1) is 12.1. The normalized spacial score (nSPS) is 17.5. The molecule has 0 spiro atoms. The van der Waals surface area contributed by atoms with Gasteiger partial charge < -0.3 is 9.80 Å². The van der Waals surface area contributed by atoms with Gasteiger partial charge in [0.2, 0.25) is 0 Å². The highest BCUT2D eigenvalue weighted by Crippen LogP contribution is 2.49. The Balaban J connectivity index is 1.70. The lowest BCUT2D eigenvalue weighted by molar-refractivity contribution is 0.732. The minimum atomic E-state index is 0.314. The van der Waals surface area contributed by atoms with E-state index in [9.17, 15) is 0 Å². The Kier molecular flexibility index (Phi) is 2.99. The Hall–Kier alpha value is -2.74.